The third-order valence-corrected chi connectivity index (χ3v) is 10.2. The number of nitrogens with zero attached hydrogens (tertiary/aromatic N) is 5. The highest BCUT2D eigenvalue weighted by atomic mass is 32.2. The molecule has 0 saturated heterocycles. The SMILES string of the molecule is COc1cccc(-c2nnc(N(CC[Si](C)(C)C)S(=O)(=O)C[C@@H](O)c3ccc(F)cc3)n2-c2c(OC)cccc2OC)n1. The van der Waals surface area contributed by atoms with Crippen molar-refractivity contribution in [2.45, 2.75) is 31.8 Å². The number of rotatable bonds is 13. The number of para-hydroxylation sites is 1. The van der Waals surface area contributed by atoms with E-state index in [4.69, 9.17) is 14.2 Å². The summed E-state index contributed by atoms with van der Waals surface area (Å²) in [6.07, 6.45) is -1.42. The molecule has 0 amide bonds. The zero-order valence-corrected chi connectivity index (χ0v) is 26.8. The summed E-state index contributed by atoms with van der Waals surface area (Å²) in [6, 6.07) is 15.9. The lowest BCUT2D eigenvalue weighted by Gasteiger charge is -2.28. The van der Waals surface area contributed by atoms with E-state index in [9.17, 15) is 17.9 Å². The van der Waals surface area contributed by atoms with Gasteiger partial charge in [0.2, 0.25) is 21.9 Å². The van der Waals surface area contributed by atoms with E-state index in [-0.39, 0.29) is 23.9 Å². The second kappa shape index (κ2) is 13.1. The Morgan fingerprint density at radius 1 is 0.930 bits per heavy atom. The highest BCUT2D eigenvalue weighted by Gasteiger charge is 2.34. The minimum absolute atomic E-state index is 0.0352. The third kappa shape index (κ3) is 7.32. The fourth-order valence-electron chi connectivity index (χ4n) is 4.39. The molecule has 43 heavy (non-hydrogen) atoms. The zero-order valence-electron chi connectivity index (χ0n) is 25.0. The Hall–Kier alpha value is -4.01. The lowest BCUT2D eigenvalue weighted by atomic mass is 10.1. The maximum absolute atomic E-state index is 14.2. The van der Waals surface area contributed by atoms with Crippen LogP contribution in [0.15, 0.2) is 60.7 Å². The van der Waals surface area contributed by atoms with Crippen LogP contribution in [0.5, 0.6) is 17.4 Å². The first kappa shape index (κ1) is 31.9. The first-order valence-electron chi connectivity index (χ1n) is 13.5. The van der Waals surface area contributed by atoms with E-state index < -0.39 is 35.8 Å². The molecule has 0 saturated carbocycles. The lowest BCUT2D eigenvalue weighted by Crippen LogP contribution is -2.40. The molecule has 0 radical (unpaired) electrons. The van der Waals surface area contributed by atoms with Crippen molar-refractivity contribution in [1.29, 1.82) is 0 Å². The molecular formula is C29H36FN5O6SSi. The summed E-state index contributed by atoms with van der Waals surface area (Å²) < 4.78 is 61.2. The van der Waals surface area contributed by atoms with Crippen LogP contribution in [-0.4, -0.2) is 75.0 Å². The predicted octanol–water partition coefficient (Wildman–Crippen LogP) is 4.70. The molecule has 14 heteroatoms. The van der Waals surface area contributed by atoms with Crippen LogP contribution >= 0.6 is 0 Å². The number of methoxy groups -OCH3 is 3. The van der Waals surface area contributed by atoms with Crippen molar-refractivity contribution in [3.05, 3.63) is 72.0 Å². The molecule has 1 atom stereocenters. The van der Waals surface area contributed by atoms with Gasteiger partial charge < -0.3 is 19.3 Å². The van der Waals surface area contributed by atoms with Crippen LogP contribution in [-0.2, 0) is 10.0 Å². The zero-order chi connectivity index (χ0) is 31.4. The van der Waals surface area contributed by atoms with Crippen LogP contribution in [0.2, 0.25) is 25.7 Å². The summed E-state index contributed by atoms with van der Waals surface area (Å²) in [5, 5.41) is 19.7. The largest absolute Gasteiger partial charge is 0.494 e. The lowest BCUT2D eigenvalue weighted by molar-refractivity contribution is 0.201. The van der Waals surface area contributed by atoms with E-state index in [1.54, 1.807) is 36.4 Å². The number of aromatic nitrogens is 4. The predicted molar refractivity (Wildman–Crippen MR) is 165 cm³/mol. The van der Waals surface area contributed by atoms with Crippen molar-refractivity contribution >= 4 is 24.0 Å². The average Bonchev–Trinajstić information content (AvgIpc) is 3.40. The van der Waals surface area contributed by atoms with Crippen LogP contribution < -0.4 is 18.5 Å². The molecule has 0 bridgehead atoms. The number of sulfonamides is 1. The van der Waals surface area contributed by atoms with E-state index in [1.165, 1.54) is 54.5 Å². The smallest absolute Gasteiger partial charge is 0.246 e. The molecular weight excluding hydrogens is 593 g/mol. The summed E-state index contributed by atoms with van der Waals surface area (Å²) in [4.78, 5) is 4.51. The molecule has 4 rings (SSSR count). The number of pyridine rings is 1. The van der Waals surface area contributed by atoms with Crippen LogP contribution in [0.25, 0.3) is 17.2 Å². The number of hydrogen-bond donors (Lipinski definition) is 1. The Balaban J connectivity index is 1.95. The van der Waals surface area contributed by atoms with Crippen molar-refractivity contribution in [3.8, 4) is 34.6 Å². The Bertz CT molecular complexity index is 1640. The maximum Gasteiger partial charge on any atom is 0.246 e. The summed E-state index contributed by atoms with van der Waals surface area (Å²) in [5.74, 6) is 0.0830. The molecule has 2 aromatic carbocycles. The second-order valence-corrected chi connectivity index (χ2v) is 18.5. The van der Waals surface area contributed by atoms with Gasteiger partial charge in [0.05, 0.1) is 33.2 Å². The molecule has 230 valence electrons. The van der Waals surface area contributed by atoms with Gasteiger partial charge in [0.15, 0.2) is 5.82 Å². The van der Waals surface area contributed by atoms with Crippen LogP contribution in [0.1, 0.15) is 11.7 Å². The highest BCUT2D eigenvalue weighted by molar-refractivity contribution is 7.92. The minimum atomic E-state index is -4.24. The summed E-state index contributed by atoms with van der Waals surface area (Å²) in [7, 11) is -1.56. The first-order valence-corrected chi connectivity index (χ1v) is 18.8. The van der Waals surface area contributed by atoms with Crippen molar-refractivity contribution in [3.63, 3.8) is 0 Å². The molecule has 11 nitrogen and oxygen atoms in total. The van der Waals surface area contributed by atoms with Gasteiger partial charge in [0.1, 0.15) is 28.7 Å². The normalized spacial score (nSPS) is 12.6. The first-order chi connectivity index (χ1) is 20.4. The molecule has 0 spiro atoms. The molecule has 2 heterocycles. The average molecular weight is 630 g/mol. The van der Waals surface area contributed by atoms with Crippen LogP contribution in [0, 0.1) is 5.82 Å². The number of hydrogen-bond acceptors (Lipinski definition) is 9. The van der Waals surface area contributed by atoms with E-state index in [0.717, 1.165) is 0 Å². The Morgan fingerprint density at radius 2 is 1.56 bits per heavy atom. The van der Waals surface area contributed by atoms with Gasteiger partial charge in [-0.1, -0.05) is 43.9 Å². The Kier molecular flexibility index (Phi) is 9.72. The monoisotopic (exact) mass is 629 g/mol. The summed E-state index contributed by atoms with van der Waals surface area (Å²) in [5.41, 5.74) is 0.989. The van der Waals surface area contributed by atoms with E-state index in [2.05, 4.69) is 34.8 Å². The maximum atomic E-state index is 14.2. The van der Waals surface area contributed by atoms with Crippen LogP contribution in [0.4, 0.5) is 10.3 Å². The standard InChI is InChI=1S/C29H36FN5O6SSi/c1-39-24-10-8-11-25(40-2)27(24)35-28(22-9-7-12-26(31-22)41-3)32-33-29(35)34(17-18-43(4,5)6)42(37,38)19-23(36)20-13-15-21(30)16-14-20/h7-16,23,36H,17-19H2,1-6H3/t23-/m1/s1. The number of anilines is 1. The summed E-state index contributed by atoms with van der Waals surface area (Å²) >= 11 is 0. The van der Waals surface area contributed by atoms with E-state index >= 15 is 0 Å². The topological polar surface area (TPSA) is 129 Å². The molecule has 0 aliphatic heterocycles. The Labute approximate surface area is 252 Å². The number of aliphatic hydroxyl groups is 1. The van der Waals surface area contributed by atoms with E-state index in [1.807, 2.05) is 0 Å². The molecule has 2 aromatic heterocycles. The fraction of sp³-hybridized carbons (Fsp3) is 0.345. The van der Waals surface area contributed by atoms with E-state index in [0.29, 0.717) is 34.8 Å². The van der Waals surface area contributed by atoms with Gasteiger partial charge in [0, 0.05) is 20.7 Å². The van der Waals surface area contributed by atoms with Gasteiger partial charge in [-0.2, -0.15) is 0 Å². The fourth-order valence-corrected chi connectivity index (χ4v) is 6.95. The van der Waals surface area contributed by atoms with Gasteiger partial charge in [-0.05, 0) is 41.9 Å². The molecule has 0 aliphatic carbocycles. The van der Waals surface area contributed by atoms with Crippen LogP contribution in [0.3, 0.4) is 0 Å². The highest BCUT2D eigenvalue weighted by Crippen LogP contribution is 2.39. The van der Waals surface area contributed by atoms with Gasteiger partial charge >= 0.3 is 0 Å². The minimum Gasteiger partial charge on any atom is -0.494 e. The number of aliphatic hydroxyl groups excluding tert-OH is 1. The number of ether oxygens (including phenoxy) is 3. The number of halogens is 1. The van der Waals surface area contributed by atoms with Gasteiger partial charge in [-0.3, -0.25) is 4.57 Å². The molecule has 1 N–H and O–H groups in total. The van der Waals surface area contributed by atoms with Gasteiger partial charge in [-0.15, -0.1) is 10.2 Å². The second-order valence-electron chi connectivity index (χ2n) is 11.0. The van der Waals surface area contributed by atoms with Crippen molar-refractivity contribution < 1.29 is 32.1 Å². The Morgan fingerprint density at radius 3 is 2.14 bits per heavy atom. The number of benzene rings is 2. The molecule has 0 aliphatic rings. The van der Waals surface area contributed by atoms with Crippen molar-refractivity contribution in [1.82, 2.24) is 19.7 Å². The third-order valence-electron chi connectivity index (χ3n) is 6.68. The van der Waals surface area contributed by atoms with Crippen molar-refractivity contribution in [2.24, 2.45) is 0 Å². The summed E-state index contributed by atoms with van der Waals surface area (Å²) in [6.45, 7) is 6.47. The van der Waals surface area contributed by atoms with Gasteiger partial charge in [0.25, 0.3) is 0 Å². The molecule has 0 fully saturated rings. The molecule has 4 aromatic rings. The molecule has 0 unspecified atom stereocenters. The quantitative estimate of drug-likeness (QED) is 0.209. The van der Waals surface area contributed by atoms with Crippen molar-refractivity contribution in [2.75, 3.05) is 37.9 Å². The van der Waals surface area contributed by atoms with Gasteiger partial charge in [-0.25, -0.2) is 22.1 Å².